The number of nitrogens with zero attached hydrogens (tertiary/aromatic N) is 3. The highest BCUT2D eigenvalue weighted by Gasteiger charge is 2.13. The molecular weight excluding hydrogens is 250 g/mol. The molecule has 0 N–H and O–H groups in total. The standard InChI is InChI=1S/C13H14ClN3O/c1-3-12-9(11-6-5-7-15-16-11)8-10(14)13(18)17(12)4-2/h5-8H,3-4H2,1-2H3. The van der Waals surface area contributed by atoms with Crippen LogP contribution in [0.5, 0.6) is 0 Å². The van der Waals surface area contributed by atoms with Crippen molar-refractivity contribution < 1.29 is 0 Å². The van der Waals surface area contributed by atoms with Gasteiger partial charge in [-0.1, -0.05) is 18.5 Å². The Hall–Kier alpha value is -1.68. The second-order valence-corrected chi connectivity index (χ2v) is 4.27. The van der Waals surface area contributed by atoms with Gasteiger partial charge in [0.05, 0.1) is 5.69 Å². The number of halogens is 1. The summed E-state index contributed by atoms with van der Waals surface area (Å²) in [5.41, 5.74) is 2.39. The van der Waals surface area contributed by atoms with Crippen molar-refractivity contribution in [3.8, 4) is 11.3 Å². The Labute approximate surface area is 110 Å². The minimum absolute atomic E-state index is 0.149. The molecule has 2 aromatic heterocycles. The number of hydrogen-bond donors (Lipinski definition) is 0. The summed E-state index contributed by atoms with van der Waals surface area (Å²) < 4.78 is 1.69. The van der Waals surface area contributed by atoms with Crippen LogP contribution in [-0.4, -0.2) is 14.8 Å². The van der Waals surface area contributed by atoms with Crippen LogP contribution in [0.2, 0.25) is 5.02 Å². The van der Waals surface area contributed by atoms with Crippen LogP contribution in [0.15, 0.2) is 29.2 Å². The molecule has 0 saturated carbocycles. The quantitative estimate of drug-likeness (QED) is 0.855. The molecule has 0 bridgehead atoms. The van der Waals surface area contributed by atoms with Crippen LogP contribution in [0.3, 0.4) is 0 Å². The van der Waals surface area contributed by atoms with Gasteiger partial charge in [-0.05, 0) is 31.5 Å². The first-order chi connectivity index (χ1) is 8.69. The molecule has 0 fully saturated rings. The zero-order valence-electron chi connectivity index (χ0n) is 10.4. The van der Waals surface area contributed by atoms with E-state index in [1.165, 1.54) is 0 Å². The van der Waals surface area contributed by atoms with E-state index in [1.807, 2.05) is 26.0 Å². The third-order valence-corrected chi connectivity index (χ3v) is 3.13. The van der Waals surface area contributed by atoms with Gasteiger partial charge in [-0.2, -0.15) is 10.2 Å². The normalized spacial score (nSPS) is 10.6. The van der Waals surface area contributed by atoms with Gasteiger partial charge >= 0.3 is 0 Å². The first-order valence-corrected chi connectivity index (χ1v) is 6.27. The van der Waals surface area contributed by atoms with Crippen molar-refractivity contribution in [1.82, 2.24) is 14.8 Å². The molecule has 18 heavy (non-hydrogen) atoms. The monoisotopic (exact) mass is 263 g/mol. The topological polar surface area (TPSA) is 47.8 Å². The maximum atomic E-state index is 12.0. The van der Waals surface area contributed by atoms with Crippen molar-refractivity contribution in [2.24, 2.45) is 0 Å². The Morgan fingerprint density at radius 3 is 2.72 bits per heavy atom. The molecular formula is C13H14ClN3O. The maximum Gasteiger partial charge on any atom is 0.269 e. The largest absolute Gasteiger partial charge is 0.311 e. The average molecular weight is 264 g/mol. The Bertz CT molecular complexity index is 608. The zero-order valence-corrected chi connectivity index (χ0v) is 11.1. The maximum absolute atomic E-state index is 12.0. The van der Waals surface area contributed by atoms with Crippen LogP contribution in [0.25, 0.3) is 11.3 Å². The van der Waals surface area contributed by atoms with Crippen molar-refractivity contribution in [2.45, 2.75) is 26.8 Å². The molecule has 2 heterocycles. The first-order valence-electron chi connectivity index (χ1n) is 5.89. The Balaban J connectivity index is 2.75. The summed E-state index contributed by atoms with van der Waals surface area (Å²) in [7, 11) is 0. The molecule has 5 heteroatoms. The van der Waals surface area contributed by atoms with E-state index < -0.39 is 0 Å². The van der Waals surface area contributed by atoms with Crippen LogP contribution < -0.4 is 5.56 Å². The lowest BCUT2D eigenvalue weighted by Crippen LogP contribution is -2.23. The van der Waals surface area contributed by atoms with Gasteiger partial charge < -0.3 is 4.57 Å². The molecule has 0 spiro atoms. The smallest absolute Gasteiger partial charge is 0.269 e. The summed E-state index contributed by atoms with van der Waals surface area (Å²) in [6.45, 7) is 4.53. The lowest BCUT2D eigenvalue weighted by Gasteiger charge is -2.14. The second kappa shape index (κ2) is 5.31. The van der Waals surface area contributed by atoms with Crippen molar-refractivity contribution in [3.63, 3.8) is 0 Å². The molecule has 0 radical (unpaired) electrons. The summed E-state index contributed by atoms with van der Waals surface area (Å²) in [5.74, 6) is 0. The molecule has 0 atom stereocenters. The van der Waals surface area contributed by atoms with Crippen molar-refractivity contribution in [3.05, 3.63) is 45.5 Å². The zero-order chi connectivity index (χ0) is 13.1. The minimum Gasteiger partial charge on any atom is -0.311 e. The van der Waals surface area contributed by atoms with Crippen LogP contribution in [0.1, 0.15) is 19.5 Å². The predicted molar refractivity (Wildman–Crippen MR) is 71.8 cm³/mol. The fourth-order valence-corrected chi connectivity index (χ4v) is 2.26. The van der Waals surface area contributed by atoms with Gasteiger partial charge in [0.15, 0.2) is 0 Å². The molecule has 2 rings (SSSR count). The molecule has 94 valence electrons. The Kier molecular flexibility index (Phi) is 3.77. The number of rotatable bonds is 3. The first kappa shape index (κ1) is 12.8. The van der Waals surface area contributed by atoms with E-state index in [0.29, 0.717) is 6.54 Å². The summed E-state index contributed by atoms with van der Waals surface area (Å²) in [6.07, 6.45) is 2.36. The summed E-state index contributed by atoms with van der Waals surface area (Å²) >= 11 is 6.00. The van der Waals surface area contributed by atoms with Gasteiger partial charge in [0.25, 0.3) is 5.56 Å². The van der Waals surface area contributed by atoms with Gasteiger partial charge in [-0.15, -0.1) is 0 Å². The van der Waals surface area contributed by atoms with Crippen molar-refractivity contribution >= 4 is 11.6 Å². The fraction of sp³-hybridized carbons (Fsp3) is 0.308. The van der Waals surface area contributed by atoms with Crippen molar-refractivity contribution in [2.75, 3.05) is 0 Å². The van der Waals surface area contributed by atoms with Crippen LogP contribution in [0, 0.1) is 0 Å². The highest BCUT2D eigenvalue weighted by Crippen LogP contribution is 2.23. The highest BCUT2D eigenvalue weighted by molar-refractivity contribution is 6.30. The molecule has 0 aliphatic carbocycles. The second-order valence-electron chi connectivity index (χ2n) is 3.86. The van der Waals surface area contributed by atoms with Crippen LogP contribution in [0.4, 0.5) is 0 Å². The molecule has 0 amide bonds. The van der Waals surface area contributed by atoms with E-state index in [9.17, 15) is 4.79 Å². The van der Waals surface area contributed by atoms with Crippen LogP contribution in [-0.2, 0) is 13.0 Å². The minimum atomic E-state index is -0.149. The molecule has 4 nitrogen and oxygen atoms in total. The summed E-state index contributed by atoms with van der Waals surface area (Å²) in [4.78, 5) is 12.0. The van der Waals surface area contributed by atoms with Gasteiger partial charge in [-0.25, -0.2) is 0 Å². The third-order valence-electron chi connectivity index (χ3n) is 2.86. The third kappa shape index (κ3) is 2.16. The number of hydrogen-bond acceptors (Lipinski definition) is 3. The van der Waals surface area contributed by atoms with E-state index in [2.05, 4.69) is 10.2 Å². The highest BCUT2D eigenvalue weighted by atomic mass is 35.5. The van der Waals surface area contributed by atoms with Gasteiger partial charge in [0.2, 0.25) is 0 Å². The van der Waals surface area contributed by atoms with Crippen LogP contribution >= 0.6 is 11.6 Å². The van der Waals surface area contributed by atoms with E-state index in [-0.39, 0.29) is 10.6 Å². The lowest BCUT2D eigenvalue weighted by atomic mass is 10.1. The Morgan fingerprint density at radius 2 is 2.17 bits per heavy atom. The van der Waals surface area contributed by atoms with Gasteiger partial charge in [0.1, 0.15) is 5.02 Å². The summed E-state index contributed by atoms with van der Waals surface area (Å²) in [6, 6.07) is 5.36. The van der Waals surface area contributed by atoms with E-state index in [4.69, 9.17) is 11.6 Å². The lowest BCUT2D eigenvalue weighted by molar-refractivity contribution is 0.682. The average Bonchev–Trinajstić information content (AvgIpc) is 2.42. The van der Waals surface area contributed by atoms with E-state index >= 15 is 0 Å². The summed E-state index contributed by atoms with van der Waals surface area (Å²) in [5, 5.41) is 8.16. The SMILES string of the molecule is CCc1c(-c2cccnn2)cc(Cl)c(=O)n1CC. The van der Waals surface area contributed by atoms with E-state index in [1.54, 1.807) is 16.8 Å². The van der Waals surface area contributed by atoms with Gasteiger partial charge in [-0.3, -0.25) is 4.79 Å². The van der Waals surface area contributed by atoms with Gasteiger partial charge in [0, 0.05) is 24.0 Å². The number of aromatic nitrogens is 3. The van der Waals surface area contributed by atoms with Crippen molar-refractivity contribution in [1.29, 1.82) is 0 Å². The van der Waals surface area contributed by atoms with E-state index in [0.717, 1.165) is 23.4 Å². The Morgan fingerprint density at radius 1 is 1.39 bits per heavy atom. The molecule has 0 aliphatic rings. The molecule has 0 saturated heterocycles. The molecule has 0 aromatic carbocycles. The molecule has 0 unspecified atom stereocenters. The molecule has 2 aromatic rings. The molecule has 0 aliphatic heterocycles. The fourth-order valence-electron chi connectivity index (χ4n) is 2.05. The predicted octanol–water partition coefficient (Wildman–Crippen LogP) is 2.54. The number of pyridine rings is 1.